The lowest BCUT2D eigenvalue weighted by atomic mass is 9.89. The van der Waals surface area contributed by atoms with Gasteiger partial charge in [-0.05, 0) is 59.4 Å². The van der Waals surface area contributed by atoms with Crippen LogP contribution < -0.4 is 9.47 Å². The van der Waals surface area contributed by atoms with Gasteiger partial charge in [0.2, 0.25) is 0 Å². The van der Waals surface area contributed by atoms with Gasteiger partial charge in [-0.15, -0.1) is 0 Å². The molecule has 1 aliphatic carbocycles. The van der Waals surface area contributed by atoms with Gasteiger partial charge in [-0.3, -0.25) is 0 Å². The van der Waals surface area contributed by atoms with Crippen LogP contribution in [0.1, 0.15) is 28.2 Å². The summed E-state index contributed by atoms with van der Waals surface area (Å²) >= 11 is 0. The molecule has 0 aromatic heterocycles. The van der Waals surface area contributed by atoms with Gasteiger partial charge in [0.15, 0.2) is 0 Å². The maximum absolute atomic E-state index is 9.65. The molecule has 0 radical (unpaired) electrons. The van der Waals surface area contributed by atoms with E-state index in [1.54, 1.807) is 14.2 Å². The first-order chi connectivity index (χ1) is 10.3. The lowest BCUT2D eigenvalue weighted by Gasteiger charge is -2.14. The second-order valence-corrected chi connectivity index (χ2v) is 5.19. The van der Waals surface area contributed by atoms with E-state index in [4.69, 9.17) is 9.47 Å². The average Bonchev–Trinajstić information content (AvgIpc) is 2.69. The average molecular weight is 279 g/mol. The SMILES string of the molecule is COc1ccc2c(c1)CCc1cc(OC)ccc1C2C#N. The Labute approximate surface area is 124 Å². The van der Waals surface area contributed by atoms with Crippen LogP contribution in [0.2, 0.25) is 0 Å². The van der Waals surface area contributed by atoms with Crippen LogP contribution in [0.3, 0.4) is 0 Å². The van der Waals surface area contributed by atoms with E-state index in [1.165, 1.54) is 11.1 Å². The normalized spacial score (nSPS) is 13.6. The van der Waals surface area contributed by atoms with Crippen LogP contribution in [0, 0.1) is 11.3 Å². The van der Waals surface area contributed by atoms with Crippen LogP contribution in [-0.4, -0.2) is 14.2 Å². The maximum atomic E-state index is 9.65. The van der Waals surface area contributed by atoms with Gasteiger partial charge in [-0.25, -0.2) is 0 Å². The first-order valence-electron chi connectivity index (χ1n) is 7.00. The number of aryl methyl sites for hydroxylation is 2. The number of benzene rings is 2. The van der Waals surface area contributed by atoms with Gasteiger partial charge >= 0.3 is 0 Å². The summed E-state index contributed by atoms with van der Waals surface area (Å²) in [6.45, 7) is 0. The zero-order valence-corrected chi connectivity index (χ0v) is 12.2. The van der Waals surface area contributed by atoms with Crippen molar-refractivity contribution in [2.75, 3.05) is 14.2 Å². The topological polar surface area (TPSA) is 42.2 Å². The standard InChI is InChI=1S/C18H17NO2/c1-20-14-5-7-16-12(9-14)3-4-13-10-15(21-2)6-8-17(13)18(16)11-19/h5-10,18H,3-4H2,1-2H3. The summed E-state index contributed by atoms with van der Waals surface area (Å²) in [6, 6.07) is 14.4. The van der Waals surface area contributed by atoms with Crippen molar-refractivity contribution in [3.05, 3.63) is 58.7 Å². The molecule has 3 rings (SSSR count). The van der Waals surface area contributed by atoms with Crippen molar-refractivity contribution in [1.29, 1.82) is 5.26 Å². The highest BCUT2D eigenvalue weighted by molar-refractivity contribution is 5.52. The summed E-state index contributed by atoms with van der Waals surface area (Å²) in [7, 11) is 3.33. The van der Waals surface area contributed by atoms with E-state index < -0.39 is 0 Å². The van der Waals surface area contributed by atoms with Crippen molar-refractivity contribution >= 4 is 0 Å². The smallest absolute Gasteiger partial charge is 0.119 e. The highest BCUT2D eigenvalue weighted by atomic mass is 16.5. The Morgan fingerprint density at radius 3 is 1.76 bits per heavy atom. The molecule has 0 amide bonds. The van der Waals surface area contributed by atoms with Gasteiger partial charge in [-0.2, -0.15) is 5.26 Å². The number of nitrogens with zero attached hydrogens (tertiary/aromatic N) is 1. The number of rotatable bonds is 2. The maximum Gasteiger partial charge on any atom is 0.119 e. The minimum Gasteiger partial charge on any atom is -0.497 e. The van der Waals surface area contributed by atoms with E-state index in [0.717, 1.165) is 35.5 Å². The van der Waals surface area contributed by atoms with Crippen LogP contribution in [-0.2, 0) is 12.8 Å². The number of nitriles is 1. The highest BCUT2D eigenvalue weighted by Gasteiger charge is 2.24. The third-order valence-corrected chi connectivity index (χ3v) is 4.12. The van der Waals surface area contributed by atoms with E-state index in [-0.39, 0.29) is 5.92 Å². The van der Waals surface area contributed by atoms with Gasteiger partial charge in [0.25, 0.3) is 0 Å². The van der Waals surface area contributed by atoms with Crippen LogP contribution in [0.5, 0.6) is 11.5 Å². The van der Waals surface area contributed by atoms with Crippen molar-refractivity contribution in [3.63, 3.8) is 0 Å². The lowest BCUT2D eigenvalue weighted by Crippen LogP contribution is -2.02. The van der Waals surface area contributed by atoms with E-state index in [1.807, 2.05) is 36.4 Å². The molecule has 21 heavy (non-hydrogen) atoms. The largest absolute Gasteiger partial charge is 0.497 e. The fourth-order valence-corrected chi connectivity index (χ4v) is 2.99. The van der Waals surface area contributed by atoms with E-state index in [2.05, 4.69) is 6.07 Å². The summed E-state index contributed by atoms with van der Waals surface area (Å²) in [6.07, 6.45) is 1.82. The van der Waals surface area contributed by atoms with E-state index in [9.17, 15) is 5.26 Å². The quantitative estimate of drug-likeness (QED) is 0.845. The molecule has 0 saturated carbocycles. The van der Waals surface area contributed by atoms with E-state index >= 15 is 0 Å². The zero-order chi connectivity index (χ0) is 14.8. The summed E-state index contributed by atoms with van der Waals surface area (Å²) < 4.78 is 10.6. The molecule has 3 heteroatoms. The minimum absolute atomic E-state index is 0.227. The fraction of sp³-hybridized carbons (Fsp3) is 0.278. The molecule has 0 bridgehead atoms. The van der Waals surface area contributed by atoms with Crippen molar-refractivity contribution < 1.29 is 9.47 Å². The molecule has 0 fully saturated rings. The summed E-state index contributed by atoms with van der Waals surface area (Å²) in [4.78, 5) is 0. The van der Waals surface area contributed by atoms with Gasteiger partial charge in [0.1, 0.15) is 11.5 Å². The molecule has 0 heterocycles. The Balaban J connectivity index is 2.13. The molecule has 106 valence electrons. The Bertz CT molecular complexity index is 660. The fourth-order valence-electron chi connectivity index (χ4n) is 2.99. The summed E-state index contributed by atoms with van der Waals surface area (Å²) in [5, 5.41) is 9.65. The number of hydrogen-bond donors (Lipinski definition) is 0. The van der Waals surface area contributed by atoms with Gasteiger partial charge in [0, 0.05) is 0 Å². The molecular formula is C18H17NO2. The first kappa shape index (κ1) is 13.5. The minimum atomic E-state index is -0.227. The summed E-state index contributed by atoms with van der Waals surface area (Å²) in [5.74, 6) is 1.46. The van der Waals surface area contributed by atoms with E-state index in [0.29, 0.717) is 0 Å². The first-order valence-corrected chi connectivity index (χ1v) is 7.00. The molecule has 0 saturated heterocycles. The molecular weight excluding hydrogens is 262 g/mol. The Morgan fingerprint density at radius 2 is 1.38 bits per heavy atom. The van der Waals surface area contributed by atoms with Crippen LogP contribution in [0.15, 0.2) is 36.4 Å². The number of fused-ring (bicyclic) bond motifs is 2. The summed E-state index contributed by atoms with van der Waals surface area (Å²) in [5.41, 5.74) is 4.55. The van der Waals surface area contributed by atoms with Crippen LogP contribution in [0.25, 0.3) is 0 Å². The van der Waals surface area contributed by atoms with Crippen molar-refractivity contribution in [3.8, 4) is 17.6 Å². The second-order valence-electron chi connectivity index (χ2n) is 5.19. The van der Waals surface area contributed by atoms with Crippen LogP contribution in [0.4, 0.5) is 0 Å². The van der Waals surface area contributed by atoms with Gasteiger partial charge < -0.3 is 9.47 Å². The molecule has 2 aromatic carbocycles. The number of methoxy groups -OCH3 is 2. The van der Waals surface area contributed by atoms with Gasteiger partial charge in [0.05, 0.1) is 26.2 Å². The molecule has 0 unspecified atom stereocenters. The second kappa shape index (κ2) is 5.49. The highest BCUT2D eigenvalue weighted by Crippen LogP contribution is 2.36. The Hall–Kier alpha value is -2.47. The molecule has 1 aliphatic rings. The lowest BCUT2D eigenvalue weighted by molar-refractivity contribution is 0.414. The van der Waals surface area contributed by atoms with Crippen molar-refractivity contribution in [2.45, 2.75) is 18.8 Å². The van der Waals surface area contributed by atoms with Crippen molar-refractivity contribution in [2.24, 2.45) is 0 Å². The molecule has 2 aromatic rings. The molecule has 0 aliphatic heterocycles. The molecule has 0 atom stereocenters. The predicted octanol–water partition coefficient (Wildman–Crippen LogP) is 3.46. The van der Waals surface area contributed by atoms with Crippen LogP contribution >= 0.6 is 0 Å². The zero-order valence-electron chi connectivity index (χ0n) is 12.2. The van der Waals surface area contributed by atoms with Crippen molar-refractivity contribution in [1.82, 2.24) is 0 Å². The Morgan fingerprint density at radius 1 is 0.905 bits per heavy atom. The monoisotopic (exact) mass is 279 g/mol. The third kappa shape index (κ3) is 2.34. The molecule has 0 N–H and O–H groups in total. The molecule has 3 nitrogen and oxygen atoms in total. The Kier molecular flexibility index (Phi) is 3.53. The predicted molar refractivity (Wildman–Crippen MR) is 80.9 cm³/mol. The molecule has 0 spiro atoms. The number of hydrogen-bond acceptors (Lipinski definition) is 3. The number of ether oxygens (including phenoxy) is 2. The van der Waals surface area contributed by atoms with Gasteiger partial charge in [-0.1, -0.05) is 12.1 Å². The third-order valence-electron chi connectivity index (χ3n) is 4.12.